The Balaban J connectivity index is 1.86. The number of aliphatic carboxylic acids is 1. The van der Waals surface area contributed by atoms with E-state index in [1.165, 1.54) is 0 Å². The van der Waals surface area contributed by atoms with E-state index in [-0.39, 0.29) is 5.92 Å². The highest BCUT2D eigenvalue weighted by Gasteiger charge is 2.52. The van der Waals surface area contributed by atoms with Gasteiger partial charge in [-0.05, 0) is 5.92 Å². The van der Waals surface area contributed by atoms with Gasteiger partial charge in [0, 0.05) is 12.8 Å². The van der Waals surface area contributed by atoms with Crippen LogP contribution in [0.15, 0.2) is 0 Å². The summed E-state index contributed by atoms with van der Waals surface area (Å²) in [6, 6.07) is -0.779. The van der Waals surface area contributed by atoms with Crippen LogP contribution in [-0.2, 0) is 14.3 Å². The van der Waals surface area contributed by atoms with Crippen LogP contribution in [0.3, 0.4) is 0 Å². The average molecular weight is 187 g/mol. The highest BCUT2D eigenvalue weighted by Crippen LogP contribution is 2.45. The summed E-state index contributed by atoms with van der Waals surface area (Å²) in [6.45, 7) is 1.21. The molecule has 0 aromatic carbocycles. The largest absolute Gasteiger partial charge is 0.480 e. The standard InChI is InChI=1S/C8H13NO4/c9-6(7(10)11)5-3-8(4-5)12-1-2-13-8/h5-6H,1-4,9H2,(H,10,11). The molecule has 0 bridgehead atoms. The predicted molar refractivity (Wildman–Crippen MR) is 43.0 cm³/mol. The zero-order chi connectivity index (χ0) is 9.47. The van der Waals surface area contributed by atoms with E-state index < -0.39 is 17.8 Å². The van der Waals surface area contributed by atoms with Crippen LogP contribution >= 0.6 is 0 Å². The molecule has 74 valence electrons. The van der Waals surface area contributed by atoms with Gasteiger partial charge in [0.25, 0.3) is 0 Å². The van der Waals surface area contributed by atoms with Gasteiger partial charge < -0.3 is 20.3 Å². The Morgan fingerprint density at radius 3 is 2.46 bits per heavy atom. The van der Waals surface area contributed by atoms with Crippen LogP contribution in [-0.4, -0.2) is 36.1 Å². The van der Waals surface area contributed by atoms with Gasteiger partial charge in [0.1, 0.15) is 6.04 Å². The average Bonchev–Trinajstić information content (AvgIpc) is 2.47. The molecular weight excluding hydrogens is 174 g/mol. The van der Waals surface area contributed by atoms with E-state index in [1.54, 1.807) is 0 Å². The van der Waals surface area contributed by atoms with E-state index in [4.69, 9.17) is 20.3 Å². The maximum absolute atomic E-state index is 10.5. The summed E-state index contributed by atoms with van der Waals surface area (Å²) in [5.41, 5.74) is 5.46. The zero-order valence-corrected chi connectivity index (χ0v) is 7.23. The molecule has 1 unspecified atom stereocenters. The third-order valence-corrected chi connectivity index (χ3v) is 2.75. The highest BCUT2D eigenvalue weighted by atomic mass is 16.7. The minimum absolute atomic E-state index is 0.00407. The maximum Gasteiger partial charge on any atom is 0.320 e. The first-order valence-electron chi connectivity index (χ1n) is 4.39. The van der Waals surface area contributed by atoms with Crippen molar-refractivity contribution in [3.63, 3.8) is 0 Å². The van der Waals surface area contributed by atoms with Crippen LogP contribution in [0.4, 0.5) is 0 Å². The summed E-state index contributed by atoms with van der Waals surface area (Å²) >= 11 is 0. The monoisotopic (exact) mass is 187 g/mol. The van der Waals surface area contributed by atoms with Crippen molar-refractivity contribution in [2.45, 2.75) is 24.7 Å². The van der Waals surface area contributed by atoms with E-state index in [0.29, 0.717) is 26.1 Å². The topological polar surface area (TPSA) is 81.8 Å². The van der Waals surface area contributed by atoms with Gasteiger partial charge in [0.15, 0.2) is 5.79 Å². The summed E-state index contributed by atoms with van der Waals surface area (Å²) < 4.78 is 10.7. The van der Waals surface area contributed by atoms with Gasteiger partial charge in [-0.15, -0.1) is 0 Å². The van der Waals surface area contributed by atoms with E-state index in [1.807, 2.05) is 0 Å². The molecule has 2 fully saturated rings. The number of hydrogen-bond donors (Lipinski definition) is 2. The molecule has 0 amide bonds. The third-order valence-electron chi connectivity index (χ3n) is 2.75. The fraction of sp³-hybridized carbons (Fsp3) is 0.875. The van der Waals surface area contributed by atoms with Crippen molar-refractivity contribution in [2.24, 2.45) is 11.7 Å². The molecule has 5 heteroatoms. The number of carbonyl (C=O) groups is 1. The fourth-order valence-electron chi connectivity index (χ4n) is 1.93. The Kier molecular flexibility index (Phi) is 2.02. The summed E-state index contributed by atoms with van der Waals surface area (Å²) in [4.78, 5) is 10.5. The van der Waals surface area contributed by atoms with Crippen molar-refractivity contribution in [1.82, 2.24) is 0 Å². The first kappa shape index (κ1) is 8.93. The Morgan fingerprint density at radius 2 is 2.00 bits per heavy atom. The Morgan fingerprint density at radius 1 is 1.46 bits per heavy atom. The molecule has 2 rings (SSSR count). The quantitative estimate of drug-likeness (QED) is 0.612. The van der Waals surface area contributed by atoms with E-state index in [2.05, 4.69) is 0 Å². The lowest BCUT2D eigenvalue weighted by Crippen LogP contribution is -2.54. The van der Waals surface area contributed by atoms with E-state index in [9.17, 15) is 4.79 Å². The molecule has 1 saturated heterocycles. The molecule has 0 radical (unpaired) electrons. The van der Waals surface area contributed by atoms with Gasteiger partial charge in [0.05, 0.1) is 13.2 Å². The Bertz CT molecular complexity index is 216. The number of carboxylic acids is 1. The lowest BCUT2D eigenvalue weighted by molar-refractivity contribution is -0.233. The number of ether oxygens (including phenoxy) is 2. The van der Waals surface area contributed by atoms with Crippen molar-refractivity contribution in [3.05, 3.63) is 0 Å². The molecule has 1 atom stereocenters. The minimum Gasteiger partial charge on any atom is -0.480 e. The van der Waals surface area contributed by atoms with E-state index >= 15 is 0 Å². The van der Waals surface area contributed by atoms with Crippen molar-refractivity contribution < 1.29 is 19.4 Å². The van der Waals surface area contributed by atoms with Crippen LogP contribution < -0.4 is 5.73 Å². The summed E-state index contributed by atoms with van der Waals surface area (Å²) in [5, 5.41) is 8.64. The normalized spacial score (nSPS) is 28.7. The van der Waals surface area contributed by atoms with Crippen molar-refractivity contribution in [1.29, 1.82) is 0 Å². The van der Waals surface area contributed by atoms with E-state index in [0.717, 1.165) is 0 Å². The van der Waals surface area contributed by atoms with Crippen molar-refractivity contribution in [3.8, 4) is 0 Å². The second kappa shape index (κ2) is 2.94. The van der Waals surface area contributed by atoms with Crippen LogP contribution in [0.25, 0.3) is 0 Å². The lowest BCUT2D eigenvalue weighted by Gasteiger charge is -2.44. The molecule has 1 aliphatic heterocycles. The molecule has 5 nitrogen and oxygen atoms in total. The van der Waals surface area contributed by atoms with Crippen molar-refractivity contribution in [2.75, 3.05) is 13.2 Å². The number of rotatable bonds is 2. The third kappa shape index (κ3) is 1.43. The number of nitrogens with two attached hydrogens (primary N) is 1. The summed E-state index contributed by atoms with van der Waals surface area (Å²) in [5.74, 6) is -1.44. The first-order valence-corrected chi connectivity index (χ1v) is 4.39. The van der Waals surface area contributed by atoms with Crippen molar-refractivity contribution >= 4 is 5.97 Å². The molecule has 3 N–H and O–H groups in total. The molecule has 0 aromatic rings. The summed E-state index contributed by atoms with van der Waals surface area (Å²) in [6.07, 6.45) is 1.22. The second-order valence-corrected chi connectivity index (χ2v) is 3.64. The predicted octanol–water partition coefficient (Wildman–Crippen LogP) is -0.449. The van der Waals surface area contributed by atoms with Crippen LogP contribution in [0.1, 0.15) is 12.8 Å². The molecule has 1 saturated carbocycles. The van der Waals surface area contributed by atoms with Gasteiger partial charge in [0.2, 0.25) is 0 Å². The summed E-state index contributed by atoms with van der Waals surface area (Å²) in [7, 11) is 0. The van der Waals surface area contributed by atoms with Gasteiger partial charge in [-0.1, -0.05) is 0 Å². The molecule has 13 heavy (non-hydrogen) atoms. The smallest absolute Gasteiger partial charge is 0.320 e. The maximum atomic E-state index is 10.5. The first-order chi connectivity index (χ1) is 6.13. The molecule has 1 spiro atoms. The van der Waals surface area contributed by atoms with Gasteiger partial charge in [-0.3, -0.25) is 4.79 Å². The lowest BCUT2D eigenvalue weighted by atomic mass is 9.74. The van der Waals surface area contributed by atoms with Gasteiger partial charge >= 0.3 is 5.97 Å². The van der Waals surface area contributed by atoms with Gasteiger partial charge in [-0.25, -0.2) is 0 Å². The minimum atomic E-state index is -0.946. The Hall–Kier alpha value is -0.650. The van der Waals surface area contributed by atoms with Gasteiger partial charge in [-0.2, -0.15) is 0 Å². The molecular formula is C8H13NO4. The fourth-order valence-corrected chi connectivity index (χ4v) is 1.93. The van der Waals surface area contributed by atoms with Crippen LogP contribution in [0.5, 0.6) is 0 Å². The zero-order valence-electron chi connectivity index (χ0n) is 7.23. The number of hydrogen-bond acceptors (Lipinski definition) is 4. The van der Waals surface area contributed by atoms with Crippen LogP contribution in [0, 0.1) is 5.92 Å². The SMILES string of the molecule is NC(C(=O)O)C1CC2(C1)OCCO2. The molecule has 2 aliphatic rings. The second-order valence-electron chi connectivity index (χ2n) is 3.64. The molecule has 0 aromatic heterocycles. The highest BCUT2D eigenvalue weighted by molar-refractivity contribution is 5.73. The number of carboxylic acid groups (broad SMARTS) is 1. The Labute approximate surface area is 75.8 Å². The molecule has 1 heterocycles. The van der Waals surface area contributed by atoms with Crippen LogP contribution in [0.2, 0.25) is 0 Å². The molecule has 1 aliphatic carbocycles.